The summed E-state index contributed by atoms with van der Waals surface area (Å²) < 4.78 is 10.4. The molecule has 0 saturated carbocycles. The van der Waals surface area contributed by atoms with Gasteiger partial charge in [-0.15, -0.1) is 0 Å². The van der Waals surface area contributed by atoms with Gasteiger partial charge in [-0.3, -0.25) is 4.79 Å². The molecule has 0 aromatic carbocycles. The lowest BCUT2D eigenvalue weighted by Crippen LogP contribution is -2.48. The van der Waals surface area contributed by atoms with Crippen molar-refractivity contribution in [1.82, 2.24) is 10.2 Å². The molecule has 5 heteroatoms. The van der Waals surface area contributed by atoms with E-state index in [0.717, 1.165) is 0 Å². The van der Waals surface area contributed by atoms with Crippen molar-refractivity contribution in [3.63, 3.8) is 0 Å². The first kappa shape index (κ1) is 14.4. The van der Waals surface area contributed by atoms with E-state index in [1.54, 1.807) is 7.11 Å². The van der Waals surface area contributed by atoms with Gasteiger partial charge in [0.25, 0.3) is 0 Å². The highest BCUT2D eigenvalue weighted by Gasteiger charge is 2.36. The molecule has 1 aliphatic heterocycles. The van der Waals surface area contributed by atoms with Crippen LogP contribution in [0.25, 0.3) is 0 Å². The van der Waals surface area contributed by atoms with E-state index in [2.05, 4.69) is 5.32 Å². The molecule has 0 aliphatic carbocycles. The van der Waals surface area contributed by atoms with Crippen molar-refractivity contribution >= 4 is 5.91 Å². The van der Waals surface area contributed by atoms with Gasteiger partial charge in [-0.2, -0.15) is 0 Å². The third-order valence-electron chi connectivity index (χ3n) is 3.21. The van der Waals surface area contributed by atoms with Crippen LogP contribution in [0.3, 0.4) is 0 Å². The Balaban J connectivity index is 2.63. The quantitative estimate of drug-likeness (QED) is 0.720. The number of nitrogens with one attached hydrogen (secondary N) is 1. The summed E-state index contributed by atoms with van der Waals surface area (Å²) in [4.78, 5) is 14.3. The number of carbonyl (C=O) groups is 1. The van der Waals surface area contributed by atoms with E-state index in [1.807, 2.05) is 25.8 Å². The van der Waals surface area contributed by atoms with E-state index >= 15 is 0 Å². The first-order chi connectivity index (χ1) is 8.11. The highest BCUT2D eigenvalue weighted by molar-refractivity contribution is 5.80. The summed E-state index contributed by atoms with van der Waals surface area (Å²) in [5.74, 6) is 0.0909. The Kier molecular flexibility index (Phi) is 5.88. The normalized spacial score (nSPS) is 24.3. The van der Waals surface area contributed by atoms with Crippen LogP contribution in [-0.4, -0.2) is 63.4 Å². The van der Waals surface area contributed by atoms with Gasteiger partial charge in [0.1, 0.15) is 0 Å². The second-order valence-electron chi connectivity index (χ2n) is 4.66. The Hall–Kier alpha value is -0.650. The van der Waals surface area contributed by atoms with Crippen molar-refractivity contribution in [2.75, 3.05) is 40.5 Å². The molecular weight excluding hydrogens is 220 g/mol. The molecule has 1 saturated heterocycles. The first-order valence-corrected chi connectivity index (χ1v) is 6.16. The van der Waals surface area contributed by atoms with Crippen LogP contribution in [0.1, 0.15) is 13.8 Å². The van der Waals surface area contributed by atoms with Crippen LogP contribution in [0, 0.1) is 5.92 Å². The van der Waals surface area contributed by atoms with Crippen LogP contribution >= 0.6 is 0 Å². The minimum absolute atomic E-state index is 0.0701. The molecule has 0 radical (unpaired) electrons. The Morgan fingerprint density at radius 2 is 2.24 bits per heavy atom. The molecule has 2 unspecified atom stereocenters. The lowest BCUT2D eigenvalue weighted by molar-refractivity contribution is -0.138. The zero-order chi connectivity index (χ0) is 12.8. The maximum atomic E-state index is 12.4. The second kappa shape index (κ2) is 6.93. The molecule has 0 spiro atoms. The Bertz CT molecular complexity index is 246. The molecule has 1 N–H and O–H groups in total. The number of amides is 1. The Labute approximate surface area is 103 Å². The number of carbonyl (C=O) groups excluding carboxylic acids is 1. The van der Waals surface area contributed by atoms with Crippen molar-refractivity contribution in [2.45, 2.75) is 25.9 Å². The molecule has 1 aliphatic rings. The third kappa shape index (κ3) is 3.66. The van der Waals surface area contributed by atoms with Crippen molar-refractivity contribution in [3.05, 3.63) is 0 Å². The largest absolute Gasteiger partial charge is 0.383 e. The van der Waals surface area contributed by atoms with Crippen LogP contribution in [0.15, 0.2) is 0 Å². The smallest absolute Gasteiger partial charge is 0.229 e. The number of methoxy groups -OCH3 is 1. The molecule has 1 rings (SSSR count). The van der Waals surface area contributed by atoms with E-state index in [1.165, 1.54) is 0 Å². The number of hydrogen-bond acceptors (Lipinski definition) is 4. The second-order valence-corrected chi connectivity index (χ2v) is 4.66. The van der Waals surface area contributed by atoms with Gasteiger partial charge in [0.15, 0.2) is 0 Å². The fourth-order valence-corrected chi connectivity index (χ4v) is 2.11. The van der Waals surface area contributed by atoms with Crippen LogP contribution in [-0.2, 0) is 14.3 Å². The lowest BCUT2D eigenvalue weighted by atomic mass is 10.0. The minimum Gasteiger partial charge on any atom is -0.383 e. The maximum Gasteiger partial charge on any atom is 0.229 e. The van der Waals surface area contributed by atoms with Crippen molar-refractivity contribution in [3.8, 4) is 0 Å². The van der Waals surface area contributed by atoms with Crippen LogP contribution in [0.5, 0.6) is 0 Å². The number of likely N-dealkylation sites (N-methyl/N-ethyl adjacent to an activating group) is 1. The number of rotatable bonds is 6. The highest BCUT2D eigenvalue weighted by atomic mass is 16.5. The Morgan fingerprint density at radius 3 is 2.76 bits per heavy atom. The van der Waals surface area contributed by atoms with Crippen molar-refractivity contribution < 1.29 is 14.3 Å². The summed E-state index contributed by atoms with van der Waals surface area (Å²) in [6, 6.07) is 0.321. The monoisotopic (exact) mass is 244 g/mol. The van der Waals surface area contributed by atoms with Crippen molar-refractivity contribution in [1.29, 1.82) is 0 Å². The fraction of sp³-hybridized carbons (Fsp3) is 0.917. The summed E-state index contributed by atoms with van der Waals surface area (Å²) in [5, 5.41) is 3.14. The van der Waals surface area contributed by atoms with E-state index < -0.39 is 0 Å². The predicted molar refractivity (Wildman–Crippen MR) is 65.9 cm³/mol. The standard InChI is InChI=1S/C12H24N2O3/c1-9(2)14(5-6-16-4)12(15)10-7-17-8-11(10)13-3/h9-11,13H,5-8H2,1-4H3. The molecule has 0 bridgehead atoms. The molecule has 1 heterocycles. The first-order valence-electron chi connectivity index (χ1n) is 6.16. The Morgan fingerprint density at radius 1 is 1.53 bits per heavy atom. The lowest BCUT2D eigenvalue weighted by Gasteiger charge is -2.30. The number of nitrogens with zero attached hydrogens (tertiary/aromatic N) is 1. The summed E-state index contributed by atoms with van der Waals surface area (Å²) >= 11 is 0. The average molecular weight is 244 g/mol. The van der Waals surface area contributed by atoms with Gasteiger partial charge in [-0.25, -0.2) is 0 Å². The summed E-state index contributed by atoms with van der Waals surface area (Å²) in [6.07, 6.45) is 0. The zero-order valence-corrected chi connectivity index (χ0v) is 11.2. The topological polar surface area (TPSA) is 50.8 Å². The highest BCUT2D eigenvalue weighted by Crippen LogP contribution is 2.17. The van der Waals surface area contributed by atoms with Crippen LogP contribution in [0.2, 0.25) is 0 Å². The van der Waals surface area contributed by atoms with E-state index in [0.29, 0.717) is 26.4 Å². The summed E-state index contributed by atoms with van der Waals surface area (Å²) in [5.41, 5.74) is 0. The fourth-order valence-electron chi connectivity index (χ4n) is 2.11. The van der Waals surface area contributed by atoms with E-state index in [4.69, 9.17) is 9.47 Å². The average Bonchev–Trinajstić information content (AvgIpc) is 2.76. The molecular formula is C12H24N2O3. The van der Waals surface area contributed by atoms with E-state index in [-0.39, 0.29) is 23.9 Å². The maximum absolute atomic E-state index is 12.4. The van der Waals surface area contributed by atoms with Gasteiger partial charge >= 0.3 is 0 Å². The van der Waals surface area contributed by atoms with E-state index in [9.17, 15) is 4.79 Å². The molecule has 1 amide bonds. The van der Waals surface area contributed by atoms with Gasteiger partial charge in [-0.05, 0) is 20.9 Å². The molecule has 0 aromatic heterocycles. The SMILES string of the molecule is CNC1COCC1C(=O)N(CCOC)C(C)C. The number of ether oxygens (including phenoxy) is 2. The molecule has 5 nitrogen and oxygen atoms in total. The van der Waals surface area contributed by atoms with Gasteiger partial charge in [0.2, 0.25) is 5.91 Å². The van der Waals surface area contributed by atoms with Gasteiger partial charge in [0, 0.05) is 25.7 Å². The van der Waals surface area contributed by atoms with Gasteiger partial charge in [-0.1, -0.05) is 0 Å². The molecule has 2 atom stereocenters. The zero-order valence-electron chi connectivity index (χ0n) is 11.2. The minimum atomic E-state index is -0.0701. The van der Waals surface area contributed by atoms with Crippen LogP contribution < -0.4 is 5.32 Å². The molecule has 100 valence electrons. The molecule has 1 fully saturated rings. The number of hydrogen-bond donors (Lipinski definition) is 1. The van der Waals surface area contributed by atoms with Gasteiger partial charge in [0.05, 0.1) is 25.7 Å². The third-order valence-corrected chi connectivity index (χ3v) is 3.21. The summed E-state index contributed by atoms with van der Waals surface area (Å²) in [6.45, 7) is 6.39. The predicted octanol–water partition coefficient (Wildman–Crippen LogP) is 0.104. The molecule has 0 aromatic rings. The molecule has 17 heavy (non-hydrogen) atoms. The summed E-state index contributed by atoms with van der Waals surface area (Å²) in [7, 11) is 3.52. The van der Waals surface area contributed by atoms with Crippen LogP contribution in [0.4, 0.5) is 0 Å². The van der Waals surface area contributed by atoms with Crippen molar-refractivity contribution in [2.24, 2.45) is 5.92 Å². The van der Waals surface area contributed by atoms with Gasteiger partial charge < -0.3 is 19.7 Å².